The molecule has 0 aliphatic rings. The van der Waals surface area contributed by atoms with Crippen molar-refractivity contribution in [2.45, 2.75) is 32.4 Å². The van der Waals surface area contributed by atoms with Crippen LogP contribution in [0.25, 0.3) is 12.2 Å². The van der Waals surface area contributed by atoms with Crippen LogP contribution in [0.5, 0.6) is 0 Å². The molecule has 0 atom stereocenters. The summed E-state index contributed by atoms with van der Waals surface area (Å²) in [4.78, 5) is 48.9. The number of aromatic nitrogens is 6. The number of carbonyl (C=O) groups excluding carboxylic acids is 2. The number of nitrogens with zero attached hydrogens (tertiary/aromatic N) is 8. The van der Waals surface area contributed by atoms with Crippen LogP contribution in [0.15, 0.2) is 105 Å². The van der Waals surface area contributed by atoms with E-state index in [4.69, 9.17) is 11.5 Å². The quantitative estimate of drug-likeness (QED) is 0.0142. The number of anilines is 10. The van der Waals surface area contributed by atoms with Crippen LogP contribution in [0.3, 0.4) is 0 Å². The van der Waals surface area contributed by atoms with Gasteiger partial charge >= 0.3 is 118 Å². The molecule has 0 aliphatic heterocycles. The van der Waals surface area contributed by atoms with E-state index in [0.717, 1.165) is 60.7 Å². The molecule has 6 rings (SSSR count). The first-order chi connectivity index (χ1) is 35.7. The summed E-state index contributed by atoms with van der Waals surface area (Å²) in [6.07, 6.45) is 1.67. The van der Waals surface area contributed by atoms with Gasteiger partial charge in [0.2, 0.25) is 47.5 Å². The van der Waals surface area contributed by atoms with Gasteiger partial charge in [0, 0.05) is 61.8 Å². The molecule has 2 aromatic heterocycles. The molecule has 2 heterocycles. The van der Waals surface area contributed by atoms with Crippen molar-refractivity contribution < 1.29 is 190 Å². The van der Waals surface area contributed by atoms with Crippen molar-refractivity contribution >= 4 is 123 Å². The van der Waals surface area contributed by atoms with Gasteiger partial charge in [-0.1, -0.05) is 24.3 Å². The van der Waals surface area contributed by atoms with Crippen LogP contribution < -0.4 is 161 Å². The minimum absolute atomic E-state index is 0. The van der Waals surface area contributed by atoms with Crippen molar-refractivity contribution in [2.24, 2.45) is 11.5 Å². The Kier molecular flexibility index (Phi) is 28.4. The Hall–Kier alpha value is -4.06. The van der Waals surface area contributed by atoms with E-state index in [1.807, 2.05) is 0 Å². The number of aliphatic hydroxyl groups is 2. The predicted molar refractivity (Wildman–Crippen MR) is 266 cm³/mol. The molecule has 0 saturated carbocycles. The van der Waals surface area contributed by atoms with Gasteiger partial charge in [0.05, 0.1) is 32.8 Å². The van der Waals surface area contributed by atoms with Crippen LogP contribution in [0.4, 0.5) is 58.4 Å². The number of nitrogens with one attached hydrogen (secondary N) is 4. The molecule has 80 heavy (non-hydrogen) atoms. The van der Waals surface area contributed by atoms with Gasteiger partial charge in [0.1, 0.15) is 40.5 Å². The van der Waals surface area contributed by atoms with E-state index >= 15 is 0 Å². The molecule has 2 amide bonds. The Bertz CT molecular complexity index is 3400. The number of carbonyl (C=O) groups is 2. The number of rotatable bonds is 26. The number of hydrogen-bond acceptors (Lipinski definition) is 28. The molecule has 30 nitrogen and oxygen atoms in total. The van der Waals surface area contributed by atoms with E-state index < -0.39 is 85.1 Å². The second-order valence-corrected chi connectivity index (χ2v) is 21.1. The Morgan fingerprint density at radius 1 is 0.450 bits per heavy atom. The van der Waals surface area contributed by atoms with Crippen LogP contribution in [-0.4, -0.2) is 143 Å². The first kappa shape index (κ1) is 72.0. The van der Waals surface area contributed by atoms with Crippen LogP contribution >= 0.6 is 0 Å². The Morgan fingerprint density at radius 2 is 0.738 bits per heavy atom. The second-order valence-electron chi connectivity index (χ2n) is 15.6. The molecular weight excluding hydrogens is 1180 g/mol. The van der Waals surface area contributed by atoms with E-state index in [0.29, 0.717) is 0 Å². The maximum Gasteiger partial charge on any atom is 1.00 e. The Balaban J connectivity index is 0.00000547. The fourth-order valence-electron chi connectivity index (χ4n) is 6.63. The maximum absolute atomic E-state index is 12.7. The normalized spacial score (nSPS) is 11.4. The molecule has 0 saturated heterocycles. The smallest absolute Gasteiger partial charge is 0.744 e. The van der Waals surface area contributed by atoms with Crippen molar-refractivity contribution in [3.63, 3.8) is 0 Å². The third kappa shape index (κ3) is 21.6. The molecule has 404 valence electrons. The summed E-state index contributed by atoms with van der Waals surface area (Å²) in [7, 11) is -20.2. The largest absolute Gasteiger partial charge is 1.00 e. The molecule has 10 N–H and O–H groups in total. The summed E-state index contributed by atoms with van der Waals surface area (Å²) in [5.74, 6) is -2.76. The number of benzene rings is 4. The molecule has 0 aliphatic carbocycles. The van der Waals surface area contributed by atoms with Crippen molar-refractivity contribution in [1.82, 2.24) is 29.9 Å². The van der Waals surface area contributed by atoms with Crippen LogP contribution in [0.2, 0.25) is 0 Å². The standard InChI is InChI=1S/C42H46N14O16S4.4Na/c43-35(59)15-17-55(19-21-57)41-51-37(45-27-7-11-31(12-8-27)73(61,62)63)49-39(53-41)47-29-5-3-25(33(23-29)75(67,68)69)1-2-26-4-6-30(24-34(26)76(70,71)72)48-40-50-38(46-28-9-13-32(14-10-28)74(64,65)66)52-42(54-40)56(20-22-58)18-16-36(44)60;;;;/h1-14,23-24,57-58H,15-22H2,(H2,43,59)(H2,44,60)(H,61,62,63)(H,64,65,66)(H,67,68,69)(H,70,71,72)(H2,45,47,49,51,53)(H2,46,48,50,52,54);;;;/q;4*+1/p-4. The zero-order valence-corrected chi connectivity index (χ0v) is 54.1. The molecule has 0 radical (unpaired) electrons. The van der Waals surface area contributed by atoms with Crippen molar-refractivity contribution in [2.75, 3.05) is 70.5 Å². The summed E-state index contributed by atoms with van der Waals surface area (Å²) >= 11 is 0. The summed E-state index contributed by atoms with van der Waals surface area (Å²) in [5, 5.41) is 30.6. The fourth-order valence-corrected chi connectivity index (χ4v) is 8.96. The summed E-state index contributed by atoms with van der Waals surface area (Å²) in [5.41, 5.74) is 10.2. The van der Waals surface area contributed by atoms with E-state index in [9.17, 15) is 71.7 Å². The Morgan fingerprint density at radius 3 is 1.00 bits per heavy atom. The fraction of sp³-hybridized carbons (Fsp3) is 0.190. The first-order valence-electron chi connectivity index (χ1n) is 21.6. The average Bonchev–Trinajstić information content (AvgIpc) is 3.33. The minimum Gasteiger partial charge on any atom is -0.744 e. The second kappa shape index (κ2) is 31.6. The van der Waals surface area contributed by atoms with Gasteiger partial charge in [-0.3, -0.25) is 9.59 Å². The molecule has 4 aromatic carbocycles. The molecule has 0 fully saturated rings. The van der Waals surface area contributed by atoms with Gasteiger partial charge in [0.15, 0.2) is 0 Å². The maximum atomic E-state index is 12.7. The number of hydrogen-bond donors (Lipinski definition) is 8. The van der Waals surface area contributed by atoms with Gasteiger partial charge < -0.3 is 71.0 Å². The van der Waals surface area contributed by atoms with Crippen LogP contribution in [0, 0.1) is 0 Å². The SMILES string of the molecule is NC(=O)CCN(CCO)c1nc(Nc2ccc(S(=O)(=O)[O-])cc2)nc(Nc2ccc(C=Cc3ccc(Nc4nc(Nc5ccc(S(=O)(=O)[O-])cc5)nc(N(CCO)CCC(N)=O)n4)cc3S(=O)(=O)[O-])c(S(=O)(=O)[O-])c2)n1.[Na+].[Na+].[Na+].[Na+]. The summed E-state index contributed by atoms with van der Waals surface area (Å²) < 4.78 is 145. The number of aliphatic hydroxyl groups excluding tert-OH is 2. The van der Waals surface area contributed by atoms with Gasteiger partial charge in [-0.15, -0.1) is 0 Å². The summed E-state index contributed by atoms with van der Waals surface area (Å²) in [6.45, 7) is -1.30. The monoisotopic (exact) mass is 1220 g/mol. The Labute approximate surface area is 546 Å². The average molecular weight is 1220 g/mol. The molecule has 6 aromatic rings. The van der Waals surface area contributed by atoms with E-state index in [1.54, 1.807) is 0 Å². The van der Waals surface area contributed by atoms with Gasteiger partial charge in [-0.2, -0.15) is 29.9 Å². The summed E-state index contributed by atoms with van der Waals surface area (Å²) in [6, 6.07) is 15.6. The number of nitrogens with two attached hydrogens (primary N) is 2. The van der Waals surface area contributed by atoms with Crippen LogP contribution in [0.1, 0.15) is 24.0 Å². The molecule has 38 heteroatoms. The topological polar surface area (TPSA) is 487 Å². The third-order valence-electron chi connectivity index (χ3n) is 10.1. The third-order valence-corrected chi connectivity index (χ3v) is 13.6. The number of primary amides is 2. The van der Waals surface area contributed by atoms with Crippen molar-refractivity contribution in [3.05, 3.63) is 96.1 Å². The zero-order chi connectivity index (χ0) is 55.6. The van der Waals surface area contributed by atoms with Gasteiger partial charge in [-0.05, 0) is 83.9 Å². The van der Waals surface area contributed by atoms with E-state index in [-0.39, 0.29) is 227 Å². The minimum atomic E-state index is -5.34. The van der Waals surface area contributed by atoms with Crippen LogP contribution in [-0.2, 0) is 50.1 Å². The van der Waals surface area contributed by atoms with Crippen molar-refractivity contribution in [1.29, 1.82) is 0 Å². The van der Waals surface area contributed by atoms with Gasteiger partial charge in [-0.25, -0.2) is 33.7 Å². The molecule has 0 bridgehead atoms. The predicted octanol–water partition coefficient (Wildman–Crippen LogP) is -11.8. The molecule has 0 spiro atoms. The van der Waals surface area contributed by atoms with Gasteiger partial charge in [0.25, 0.3) is 0 Å². The van der Waals surface area contributed by atoms with Crippen molar-refractivity contribution in [3.8, 4) is 0 Å². The molecular formula is C42H42N14Na4O16S4. The first-order valence-corrected chi connectivity index (χ1v) is 27.2. The number of amides is 2. The zero-order valence-electron chi connectivity index (χ0n) is 42.9. The van der Waals surface area contributed by atoms with E-state index in [1.165, 1.54) is 46.2 Å². The molecule has 0 unspecified atom stereocenters. The van der Waals surface area contributed by atoms with E-state index in [2.05, 4.69) is 51.2 Å².